The highest BCUT2D eigenvalue weighted by molar-refractivity contribution is 6.10. The Bertz CT molecular complexity index is 787. The third kappa shape index (κ3) is 7.29. The summed E-state index contributed by atoms with van der Waals surface area (Å²) in [6, 6.07) is 0. The van der Waals surface area contributed by atoms with Gasteiger partial charge in [0.25, 0.3) is 0 Å². The van der Waals surface area contributed by atoms with Gasteiger partial charge >= 0.3 is 5.97 Å². The van der Waals surface area contributed by atoms with Crippen molar-refractivity contribution in [2.75, 3.05) is 13.7 Å². The molecular weight excluding hydrogens is 374 g/mol. The summed E-state index contributed by atoms with van der Waals surface area (Å²) in [5.74, 6) is -2.27. The number of nitrogens with one attached hydrogen (secondary N) is 1. The molecule has 0 aromatic carbocycles. The summed E-state index contributed by atoms with van der Waals surface area (Å²) in [7, 11) is 1.33. The molecule has 0 aromatic heterocycles. The summed E-state index contributed by atoms with van der Waals surface area (Å²) in [6.45, 7) is 4.91. The summed E-state index contributed by atoms with van der Waals surface area (Å²) in [4.78, 5) is 36.0. The molecule has 0 radical (unpaired) electrons. The largest absolute Gasteiger partial charge is 0.465 e. The second-order valence-corrected chi connectivity index (χ2v) is 6.83. The van der Waals surface area contributed by atoms with E-state index in [0.29, 0.717) is 11.1 Å². The van der Waals surface area contributed by atoms with Crippen LogP contribution in [-0.2, 0) is 19.1 Å². The predicted octanol–water partition coefficient (Wildman–Crippen LogP) is 1.89. The molecule has 7 heteroatoms. The lowest BCUT2D eigenvalue weighted by Gasteiger charge is -2.20. The van der Waals surface area contributed by atoms with Gasteiger partial charge in [-0.15, -0.1) is 0 Å². The minimum Gasteiger partial charge on any atom is -0.465 e. The van der Waals surface area contributed by atoms with Crippen molar-refractivity contribution >= 4 is 17.7 Å². The molecule has 0 aliphatic carbocycles. The third-order valence-electron chi connectivity index (χ3n) is 4.49. The number of carbonyl (C=O) groups is 3. The summed E-state index contributed by atoms with van der Waals surface area (Å²) in [5.41, 5.74) is 0.147. The van der Waals surface area contributed by atoms with E-state index in [1.807, 2.05) is 6.92 Å². The lowest BCUT2D eigenvalue weighted by Crippen LogP contribution is -2.42. The topological polar surface area (TPSA) is 113 Å². The van der Waals surface area contributed by atoms with E-state index in [2.05, 4.69) is 10.1 Å². The van der Waals surface area contributed by atoms with E-state index in [0.717, 1.165) is 5.57 Å². The minimum atomic E-state index is -1.54. The van der Waals surface area contributed by atoms with E-state index >= 15 is 0 Å². The molecule has 1 aliphatic heterocycles. The first-order valence-corrected chi connectivity index (χ1v) is 9.31. The van der Waals surface area contributed by atoms with Gasteiger partial charge in [0.1, 0.15) is 11.6 Å². The van der Waals surface area contributed by atoms with Gasteiger partial charge in [0.2, 0.25) is 5.91 Å². The van der Waals surface area contributed by atoms with Gasteiger partial charge in [-0.05, 0) is 32.4 Å². The average Bonchev–Trinajstić information content (AvgIpc) is 2.98. The number of methoxy groups -OCH3 is 1. The lowest BCUT2D eigenvalue weighted by molar-refractivity contribution is -0.135. The molecule has 1 aliphatic rings. The molecule has 1 amide bonds. The quantitative estimate of drug-likeness (QED) is 0.235. The fraction of sp³-hybridized carbons (Fsp3) is 0.409. The SMILES string of the molecule is C\C=C(/C=C(C)/C=C/C=C/C=C(\C)C(=O)[C@@H]1CC(O)(CCO)NC1=O)C(=O)OC. The molecule has 0 aromatic rings. The molecule has 3 N–H and O–H groups in total. The Morgan fingerprint density at radius 1 is 1.28 bits per heavy atom. The Labute approximate surface area is 171 Å². The molecular formula is C22H29NO6. The van der Waals surface area contributed by atoms with Gasteiger partial charge in [-0.2, -0.15) is 0 Å². The number of hydrogen-bond donors (Lipinski definition) is 3. The smallest absolute Gasteiger partial charge is 0.337 e. The van der Waals surface area contributed by atoms with Gasteiger partial charge in [-0.25, -0.2) is 4.79 Å². The van der Waals surface area contributed by atoms with Crippen LogP contribution in [0.5, 0.6) is 0 Å². The van der Waals surface area contributed by atoms with Crippen LogP contribution in [0.4, 0.5) is 0 Å². The molecule has 7 nitrogen and oxygen atoms in total. The molecule has 0 saturated carbocycles. The van der Waals surface area contributed by atoms with Crippen molar-refractivity contribution in [2.24, 2.45) is 5.92 Å². The Balaban J connectivity index is 2.72. The first-order chi connectivity index (χ1) is 13.7. The molecule has 1 unspecified atom stereocenters. The molecule has 158 valence electrons. The van der Waals surface area contributed by atoms with Crippen molar-refractivity contribution < 1.29 is 29.3 Å². The molecule has 1 saturated heterocycles. The monoisotopic (exact) mass is 403 g/mol. The molecule has 0 spiro atoms. The van der Waals surface area contributed by atoms with Crippen LogP contribution in [0.2, 0.25) is 0 Å². The van der Waals surface area contributed by atoms with Crippen molar-refractivity contribution in [3.05, 3.63) is 59.3 Å². The van der Waals surface area contributed by atoms with Crippen molar-refractivity contribution in [2.45, 2.75) is 39.3 Å². The summed E-state index contributed by atoms with van der Waals surface area (Å²) < 4.78 is 4.69. The van der Waals surface area contributed by atoms with E-state index in [4.69, 9.17) is 5.11 Å². The number of amides is 1. The van der Waals surface area contributed by atoms with Gasteiger partial charge in [-0.1, -0.05) is 42.0 Å². The summed E-state index contributed by atoms with van der Waals surface area (Å²) in [6.07, 6.45) is 11.8. The van der Waals surface area contributed by atoms with Gasteiger partial charge in [0, 0.05) is 19.4 Å². The van der Waals surface area contributed by atoms with Crippen LogP contribution < -0.4 is 5.32 Å². The van der Waals surface area contributed by atoms with Crippen LogP contribution in [0.3, 0.4) is 0 Å². The highest BCUT2D eigenvalue weighted by Crippen LogP contribution is 2.28. The summed E-state index contributed by atoms with van der Waals surface area (Å²) in [5, 5.41) is 21.5. The van der Waals surface area contributed by atoms with Crippen LogP contribution in [0, 0.1) is 5.92 Å². The lowest BCUT2D eigenvalue weighted by atomic mass is 9.93. The van der Waals surface area contributed by atoms with Crippen LogP contribution in [0.15, 0.2) is 59.3 Å². The maximum Gasteiger partial charge on any atom is 0.337 e. The number of aliphatic hydroxyl groups is 2. The molecule has 1 fully saturated rings. The number of Topliss-reactive ketones (excluding diaryl/α,β-unsaturated/α-hetero) is 1. The minimum absolute atomic E-state index is 0.0201. The van der Waals surface area contributed by atoms with Gasteiger partial charge in [-0.3, -0.25) is 9.59 Å². The second kappa shape index (κ2) is 11.3. The number of allylic oxidation sites excluding steroid dienone is 8. The Hall–Kier alpha value is -2.77. The maximum absolute atomic E-state index is 12.5. The van der Waals surface area contributed by atoms with Crippen LogP contribution >= 0.6 is 0 Å². The van der Waals surface area contributed by atoms with Crippen LogP contribution in [0.25, 0.3) is 0 Å². The van der Waals surface area contributed by atoms with Gasteiger partial charge in [0.05, 0.1) is 12.7 Å². The van der Waals surface area contributed by atoms with E-state index < -0.39 is 23.5 Å². The normalized spacial score (nSPS) is 23.7. The van der Waals surface area contributed by atoms with Gasteiger partial charge in [0.15, 0.2) is 5.78 Å². The van der Waals surface area contributed by atoms with Gasteiger partial charge < -0.3 is 20.3 Å². The van der Waals surface area contributed by atoms with Crippen molar-refractivity contribution in [3.8, 4) is 0 Å². The predicted molar refractivity (Wildman–Crippen MR) is 109 cm³/mol. The number of rotatable bonds is 9. The number of esters is 1. The zero-order valence-electron chi connectivity index (χ0n) is 17.3. The first kappa shape index (κ1) is 24.3. The average molecular weight is 403 g/mol. The summed E-state index contributed by atoms with van der Waals surface area (Å²) >= 11 is 0. The van der Waals surface area contributed by atoms with Crippen LogP contribution in [0.1, 0.15) is 33.6 Å². The second-order valence-electron chi connectivity index (χ2n) is 6.83. The zero-order valence-corrected chi connectivity index (χ0v) is 17.3. The van der Waals surface area contributed by atoms with E-state index in [9.17, 15) is 19.5 Å². The van der Waals surface area contributed by atoms with E-state index in [1.165, 1.54) is 7.11 Å². The molecule has 29 heavy (non-hydrogen) atoms. The van der Waals surface area contributed by atoms with E-state index in [-0.39, 0.29) is 25.2 Å². The molecule has 2 atom stereocenters. The van der Waals surface area contributed by atoms with Crippen molar-refractivity contribution in [1.29, 1.82) is 0 Å². The molecule has 0 bridgehead atoms. The highest BCUT2D eigenvalue weighted by atomic mass is 16.5. The maximum atomic E-state index is 12.5. The number of carbonyl (C=O) groups excluding carboxylic acids is 3. The molecule has 1 rings (SSSR count). The number of ketones is 1. The zero-order chi connectivity index (χ0) is 22.0. The molecule has 1 heterocycles. The third-order valence-corrected chi connectivity index (χ3v) is 4.49. The van der Waals surface area contributed by atoms with Crippen molar-refractivity contribution in [1.82, 2.24) is 5.32 Å². The van der Waals surface area contributed by atoms with Crippen molar-refractivity contribution in [3.63, 3.8) is 0 Å². The number of aliphatic hydroxyl groups excluding tert-OH is 1. The standard InChI is InChI=1S/C22H29NO6/c1-5-17(21(27)29-4)13-15(2)9-7-6-8-10-16(3)19(25)18-14-22(28,11-12-24)23-20(18)26/h5-10,13,18,24,28H,11-12,14H2,1-4H3,(H,23,26)/b8-6+,9-7+,15-13+,16-10+,17-5+/t18-,22?/m0/s1. The first-order valence-electron chi connectivity index (χ1n) is 9.31. The number of ether oxygens (including phenoxy) is 1. The Kier molecular flexibility index (Phi) is 9.44. The van der Waals surface area contributed by atoms with Crippen LogP contribution in [-0.4, -0.2) is 47.3 Å². The fourth-order valence-corrected chi connectivity index (χ4v) is 2.86. The Morgan fingerprint density at radius 2 is 1.97 bits per heavy atom. The highest BCUT2D eigenvalue weighted by Gasteiger charge is 2.45. The fourth-order valence-electron chi connectivity index (χ4n) is 2.86. The number of hydrogen-bond acceptors (Lipinski definition) is 6. The Morgan fingerprint density at radius 3 is 2.55 bits per heavy atom. The van der Waals surface area contributed by atoms with E-state index in [1.54, 1.807) is 56.4 Å².